The summed E-state index contributed by atoms with van der Waals surface area (Å²) in [4.78, 5) is 55.7. The normalized spacial score (nSPS) is 40.4. The quantitative estimate of drug-likeness (QED) is 0.196. The van der Waals surface area contributed by atoms with Gasteiger partial charge in [0.25, 0.3) is 0 Å². The topological polar surface area (TPSA) is 149 Å². The number of ketones is 4. The van der Waals surface area contributed by atoms with Gasteiger partial charge in [-0.1, -0.05) is 36.5 Å². The smallest absolute Gasteiger partial charge is 0.179 e. The minimum Gasteiger partial charge on any atom is -0.509 e. The molecule has 6 atom stereocenters. The summed E-state index contributed by atoms with van der Waals surface area (Å²) in [6, 6.07) is 0. The molecule has 0 amide bonds. The highest BCUT2D eigenvalue weighted by molar-refractivity contribution is 6.33. The molecule has 0 radical (unpaired) electrons. The summed E-state index contributed by atoms with van der Waals surface area (Å²) in [7, 11) is 0. The Morgan fingerprint density at radius 3 is 1.92 bits per heavy atom. The van der Waals surface area contributed by atoms with Crippen LogP contribution in [-0.4, -0.2) is 54.8 Å². The van der Waals surface area contributed by atoms with Crippen LogP contribution >= 0.6 is 0 Å². The maximum atomic E-state index is 14.0. The van der Waals surface area contributed by atoms with Crippen LogP contribution in [0.4, 0.5) is 0 Å². The van der Waals surface area contributed by atoms with Crippen molar-refractivity contribution < 1.29 is 39.6 Å². The SMILES string of the molecule is C/C=C/C=C/C(=O)[C@]12C(=O)C(C)=C(O)[C@@](C)(O)[C@H]1[C@H]1/C(=C(O)/C=C/C=C/C)C(=O)[C@]2(C)C(=O)[C@@]1(C)O. The average Bonchev–Trinajstić information content (AvgIpc) is 2.81. The maximum Gasteiger partial charge on any atom is 0.179 e. The zero-order valence-electron chi connectivity index (χ0n) is 21.2. The fourth-order valence-electron chi connectivity index (χ4n) is 6.42. The molecule has 8 heteroatoms. The van der Waals surface area contributed by atoms with E-state index in [1.165, 1.54) is 38.2 Å². The van der Waals surface area contributed by atoms with Crippen molar-refractivity contribution in [2.24, 2.45) is 22.7 Å². The molecule has 0 aliphatic heterocycles. The van der Waals surface area contributed by atoms with Crippen LogP contribution in [0.3, 0.4) is 0 Å². The summed E-state index contributed by atoms with van der Waals surface area (Å²) in [6.45, 7) is 8.03. The van der Waals surface area contributed by atoms with Crippen LogP contribution in [0.5, 0.6) is 0 Å². The molecule has 4 rings (SSSR count). The van der Waals surface area contributed by atoms with Crippen LogP contribution in [0, 0.1) is 22.7 Å². The van der Waals surface area contributed by atoms with Gasteiger partial charge in [0.05, 0.1) is 0 Å². The van der Waals surface area contributed by atoms with E-state index in [1.54, 1.807) is 32.1 Å². The lowest BCUT2D eigenvalue weighted by atomic mass is 9.32. The molecule has 0 heterocycles. The Bertz CT molecular complexity index is 1240. The van der Waals surface area contributed by atoms with Crippen molar-refractivity contribution in [2.45, 2.75) is 52.7 Å². The zero-order valence-corrected chi connectivity index (χ0v) is 21.2. The first-order valence-electron chi connectivity index (χ1n) is 11.7. The fraction of sp³-hybridized carbons (Fsp3) is 0.429. The van der Waals surface area contributed by atoms with E-state index in [-0.39, 0.29) is 5.57 Å². The number of carbonyl (C=O) groups is 4. The lowest BCUT2D eigenvalue weighted by molar-refractivity contribution is -0.222. The van der Waals surface area contributed by atoms with Crippen LogP contribution in [0.15, 0.2) is 71.3 Å². The molecule has 192 valence electrons. The number of aliphatic hydroxyl groups excluding tert-OH is 2. The molecule has 4 aliphatic rings. The highest BCUT2D eigenvalue weighted by Gasteiger charge is 2.85. The predicted octanol–water partition coefficient (Wildman–Crippen LogP) is 2.94. The highest BCUT2D eigenvalue weighted by atomic mass is 16.3. The third-order valence-electron chi connectivity index (χ3n) is 8.03. The second-order valence-corrected chi connectivity index (χ2v) is 10.1. The van der Waals surface area contributed by atoms with E-state index in [2.05, 4.69) is 0 Å². The first-order valence-corrected chi connectivity index (χ1v) is 11.7. The van der Waals surface area contributed by atoms with Gasteiger partial charge in [-0.25, -0.2) is 0 Å². The number of allylic oxidation sites excluding steroid dienone is 9. The van der Waals surface area contributed by atoms with Crippen molar-refractivity contribution in [1.29, 1.82) is 0 Å². The standard InChI is InChI=1S/C28H32O8/c1-7-9-11-13-16(29)18-19-20-27(6,36)21(31)15(3)22(32)28(20,17(30)14-12-10-8-2)25(4,23(18)33)24(34)26(19,5)35/h7-14,19-20,29,31,35-36H,1-6H3/b9-7+,10-8+,13-11+,14-12+,18-16+/t19-,20-,25-,26+,27+,28-/m1/s1. The summed E-state index contributed by atoms with van der Waals surface area (Å²) in [5, 5.41) is 44.9. The molecular weight excluding hydrogens is 464 g/mol. The number of Topliss-reactive ketones (excluding diaryl/α,β-unsaturated/α-hetero) is 3. The molecule has 0 spiro atoms. The summed E-state index contributed by atoms with van der Waals surface area (Å²) < 4.78 is 0. The second-order valence-electron chi connectivity index (χ2n) is 10.1. The van der Waals surface area contributed by atoms with Crippen LogP contribution in [0.1, 0.15) is 41.5 Å². The van der Waals surface area contributed by atoms with Crippen LogP contribution in [-0.2, 0) is 19.2 Å². The molecule has 36 heavy (non-hydrogen) atoms. The van der Waals surface area contributed by atoms with Crippen molar-refractivity contribution in [3.05, 3.63) is 71.3 Å². The lowest BCUT2D eigenvalue weighted by Crippen LogP contribution is -2.82. The Balaban J connectivity index is 2.56. The van der Waals surface area contributed by atoms with Crippen molar-refractivity contribution in [3.63, 3.8) is 0 Å². The molecule has 4 aliphatic carbocycles. The number of hydrogen-bond acceptors (Lipinski definition) is 8. The Morgan fingerprint density at radius 1 is 0.861 bits per heavy atom. The van der Waals surface area contributed by atoms with E-state index < -0.39 is 74.1 Å². The first-order chi connectivity index (χ1) is 16.6. The molecule has 4 N–H and O–H groups in total. The van der Waals surface area contributed by atoms with Crippen molar-refractivity contribution in [2.75, 3.05) is 0 Å². The van der Waals surface area contributed by atoms with E-state index in [0.717, 1.165) is 19.9 Å². The zero-order chi connectivity index (χ0) is 27.4. The van der Waals surface area contributed by atoms with Gasteiger partial charge in [-0.2, -0.15) is 0 Å². The fourth-order valence-corrected chi connectivity index (χ4v) is 6.42. The Labute approximate surface area is 209 Å². The molecular formula is C28H32O8. The van der Waals surface area contributed by atoms with Gasteiger partial charge in [-0.3, -0.25) is 19.2 Å². The molecule has 8 nitrogen and oxygen atoms in total. The van der Waals surface area contributed by atoms with Gasteiger partial charge in [-0.15, -0.1) is 0 Å². The Kier molecular flexibility index (Phi) is 6.53. The van der Waals surface area contributed by atoms with Crippen LogP contribution in [0.2, 0.25) is 0 Å². The molecule has 0 unspecified atom stereocenters. The summed E-state index contributed by atoms with van der Waals surface area (Å²) in [5.74, 6) is -8.63. The maximum absolute atomic E-state index is 14.0. The summed E-state index contributed by atoms with van der Waals surface area (Å²) >= 11 is 0. The summed E-state index contributed by atoms with van der Waals surface area (Å²) in [6.07, 6.45) is 11.4. The highest BCUT2D eigenvalue weighted by Crippen LogP contribution is 2.70. The van der Waals surface area contributed by atoms with E-state index in [0.29, 0.717) is 0 Å². The number of fused-ring (bicyclic) bond motifs is 2. The van der Waals surface area contributed by atoms with Crippen molar-refractivity contribution in [1.82, 2.24) is 0 Å². The summed E-state index contributed by atoms with van der Waals surface area (Å²) in [5.41, 5.74) is -10.4. The van der Waals surface area contributed by atoms with Gasteiger partial charge in [0.2, 0.25) is 0 Å². The number of carbonyl (C=O) groups excluding carboxylic acids is 4. The van der Waals surface area contributed by atoms with Gasteiger partial charge >= 0.3 is 0 Å². The second kappa shape index (κ2) is 8.64. The molecule has 3 saturated carbocycles. The van der Waals surface area contributed by atoms with E-state index in [1.807, 2.05) is 0 Å². The predicted molar refractivity (Wildman–Crippen MR) is 132 cm³/mol. The van der Waals surface area contributed by atoms with Crippen LogP contribution < -0.4 is 0 Å². The largest absolute Gasteiger partial charge is 0.509 e. The van der Waals surface area contributed by atoms with Gasteiger partial charge in [0.15, 0.2) is 23.1 Å². The van der Waals surface area contributed by atoms with Gasteiger partial charge < -0.3 is 20.4 Å². The van der Waals surface area contributed by atoms with Gasteiger partial charge in [-0.05, 0) is 53.7 Å². The molecule has 3 fully saturated rings. The van der Waals surface area contributed by atoms with Crippen LogP contribution in [0.25, 0.3) is 0 Å². The lowest BCUT2D eigenvalue weighted by Gasteiger charge is -2.66. The minimum atomic E-state index is -2.49. The Hall–Kier alpha value is -3.36. The van der Waals surface area contributed by atoms with Gasteiger partial charge in [0.1, 0.15) is 33.6 Å². The van der Waals surface area contributed by atoms with Crippen molar-refractivity contribution >= 4 is 23.1 Å². The number of aliphatic hydroxyl groups is 4. The minimum absolute atomic E-state index is 0.360. The molecule has 2 bridgehead atoms. The molecule has 0 saturated heterocycles. The third-order valence-corrected chi connectivity index (χ3v) is 8.03. The van der Waals surface area contributed by atoms with E-state index in [9.17, 15) is 39.6 Å². The molecule has 0 aromatic heterocycles. The van der Waals surface area contributed by atoms with Crippen molar-refractivity contribution in [3.8, 4) is 0 Å². The average molecular weight is 497 g/mol. The monoisotopic (exact) mass is 496 g/mol. The van der Waals surface area contributed by atoms with E-state index in [4.69, 9.17) is 0 Å². The molecule has 0 aromatic carbocycles. The van der Waals surface area contributed by atoms with E-state index >= 15 is 0 Å². The van der Waals surface area contributed by atoms with Gasteiger partial charge in [0, 0.05) is 23.0 Å². The molecule has 0 aromatic rings. The first kappa shape index (κ1) is 27.2. The number of hydrogen-bond donors (Lipinski definition) is 4. The third kappa shape index (κ3) is 3.07. The Morgan fingerprint density at radius 2 is 1.39 bits per heavy atom. The number of rotatable bonds is 5.